The second-order valence-electron chi connectivity index (χ2n) is 0.422. The molecule has 0 bridgehead atoms. The standard InChI is InChI=1S/CH3NO2.H2O2S/c2-1(3)4;1-3-2/h2H2,(H,3,4);3H2. The minimum absolute atomic E-state index is 1.33. The molecule has 5 nitrogen and oxygen atoms in total. The average Bonchev–Trinajstić information content (AvgIpc) is 1.33. The highest BCUT2D eigenvalue weighted by molar-refractivity contribution is 7.51. The number of hydrogen-bond acceptors (Lipinski definition) is 3. The summed E-state index contributed by atoms with van der Waals surface area (Å²) in [7, 11) is 0. The summed E-state index contributed by atoms with van der Waals surface area (Å²) in [5.41, 5.74) is 4.03. The Morgan fingerprint density at radius 1 is 1.57 bits per heavy atom. The lowest BCUT2D eigenvalue weighted by molar-refractivity contribution is 0.205. The summed E-state index contributed by atoms with van der Waals surface area (Å²) in [5, 5.41) is 7.19. The van der Waals surface area contributed by atoms with Gasteiger partial charge < -0.3 is 10.8 Å². The van der Waals surface area contributed by atoms with Crippen molar-refractivity contribution >= 4 is 17.7 Å². The summed E-state index contributed by atoms with van der Waals surface area (Å²) in [4.78, 5) is 8.78. The zero-order chi connectivity index (χ0) is 6.28. The van der Waals surface area contributed by atoms with Crippen LogP contribution in [0.25, 0.3) is 0 Å². The zero-order valence-corrected chi connectivity index (χ0v) is 4.25. The molecule has 0 fully saturated rings. The molecule has 7 heavy (non-hydrogen) atoms. The number of carboxylic acid groups (broad SMARTS) is 1. The predicted molar refractivity (Wildman–Crippen MR) is 23.9 cm³/mol. The molecule has 0 spiro atoms. The van der Waals surface area contributed by atoms with Gasteiger partial charge in [0, 0.05) is 0 Å². The molecule has 0 atom stereocenters. The quantitative estimate of drug-likeness (QED) is 0.410. The number of rotatable bonds is 0. The normalized spacial score (nSPS) is 5.71. The van der Waals surface area contributed by atoms with Crippen LogP contribution in [0.1, 0.15) is 0 Å². The largest absolute Gasteiger partial charge is 0.465 e. The van der Waals surface area contributed by atoms with Crippen molar-refractivity contribution in [1.29, 1.82) is 0 Å². The van der Waals surface area contributed by atoms with Crippen molar-refractivity contribution in [2.75, 3.05) is 0 Å². The molecule has 0 aromatic rings. The lowest BCUT2D eigenvalue weighted by Crippen LogP contribution is -2.03. The van der Waals surface area contributed by atoms with E-state index in [-0.39, 0.29) is 0 Å². The summed E-state index contributed by atoms with van der Waals surface area (Å²) in [5.74, 6) is 0. The Labute approximate surface area is 42.7 Å². The Morgan fingerprint density at radius 3 is 1.57 bits per heavy atom. The van der Waals surface area contributed by atoms with E-state index in [1.54, 1.807) is 0 Å². The van der Waals surface area contributed by atoms with Gasteiger partial charge in [0.25, 0.3) is 0 Å². The van der Waals surface area contributed by atoms with Crippen LogP contribution in [0.3, 0.4) is 0 Å². The molecule has 0 unspecified atom stereocenters. The van der Waals surface area contributed by atoms with Crippen LogP contribution < -0.4 is 5.73 Å². The molecule has 1 amide bonds. The molecule has 0 aliphatic rings. The van der Waals surface area contributed by atoms with Crippen LogP contribution in [0.5, 0.6) is 0 Å². The van der Waals surface area contributed by atoms with E-state index >= 15 is 0 Å². The number of carbonyl (C=O) groups is 1. The Bertz CT molecular complexity index is 79.7. The first-order valence-electron chi connectivity index (χ1n) is 1.12. The van der Waals surface area contributed by atoms with Gasteiger partial charge in [-0.3, -0.25) is 0 Å². The van der Waals surface area contributed by atoms with Gasteiger partial charge in [-0.2, -0.15) is 0 Å². The van der Waals surface area contributed by atoms with Crippen molar-refractivity contribution < 1.29 is 18.3 Å². The fourth-order valence-electron chi connectivity index (χ4n) is 0. The second kappa shape index (κ2) is 8.97. The van der Waals surface area contributed by atoms with Crippen molar-refractivity contribution in [2.24, 2.45) is 5.73 Å². The third kappa shape index (κ3) is 89.0. The molecule has 0 saturated carbocycles. The zero-order valence-electron chi connectivity index (χ0n) is 3.25. The molecule has 0 aromatic carbocycles. The van der Waals surface area contributed by atoms with Gasteiger partial charge in [0.1, 0.15) is 11.6 Å². The molecule has 0 saturated heterocycles. The molecule has 0 heterocycles. The van der Waals surface area contributed by atoms with E-state index in [0.717, 1.165) is 0 Å². The third-order valence-electron chi connectivity index (χ3n) is 0. The van der Waals surface area contributed by atoms with Crippen molar-refractivity contribution in [3.05, 3.63) is 0 Å². The first-order valence-corrected chi connectivity index (χ1v) is 1.94. The Balaban J connectivity index is 0. The molecule has 3 N–H and O–H groups in total. The van der Waals surface area contributed by atoms with Crippen molar-refractivity contribution in [3.8, 4) is 0 Å². The summed E-state index contributed by atoms with van der Waals surface area (Å²) in [6, 6.07) is 0. The van der Waals surface area contributed by atoms with Gasteiger partial charge in [0.15, 0.2) is 0 Å². The second-order valence-corrected chi connectivity index (χ2v) is 0.588. The van der Waals surface area contributed by atoms with E-state index in [0.29, 0.717) is 0 Å². The number of primary amides is 1. The van der Waals surface area contributed by atoms with Crippen molar-refractivity contribution in [3.63, 3.8) is 0 Å². The molecule has 0 aromatic heterocycles. The van der Waals surface area contributed by atoms with Gasteiger partial charge >= 0.3 is 6.09 Å². The number of hydrogen-bond donors (Lipinski definition) is 2. The minimum Gasteiger partial charge on any atom is -0.465 e. The fraction of sp³-hybridized carbons (Fsp3) is 0. The fourth-order valence-corrected chi connectivity index (χ4v) is 0. The minimum atomic E-state index is -1.42. The summed E-state index contributed by atoms with van der Waals surface area (Å²) in [6.07, 6.45) is -1.33. The maximum absolute atomic E-state index is 8.78. The van der Waals surface area contributed by atoms with Gasteiger partial charge in [0.2, 0.25) is 0 Å². The van der Waals surface area contributed by atoms with E-state index in [2.05, 4.69) is 5.73 Å². The summed E-state index contributed by atoms with van der Waals surface area (Å²) in [6.45, 7) is 0. The van der Waals surface area contributed by atoms with Gasteiger partial charge in [0.05, 0.1) is 0 Å². The van der Waals surface area contributed by atoms with E-state index in [1.165, 1.54) is 0 Å². The average molecular weight is 127 g/mol. The maximum atomic E-state index is 8.78. The Kier molecular flexibility index (Phi) is 12.2. The van der Waals surface area contributed by atoms with Gasteiger partial charge in [-0.05, 0) is 0 Å². The van der Waals surface area contributed by atoms with Gasteiger partial charge in [-0.15, -0.1) is 0 Å². The van der Waals surface area contributed by atoms with Gasteiger partial charge in [-0.25, -0.2) is 13.2 Å². The lowest BCUT2D eigenvalue weighted by atomic mass is 11.3. The summed E-state index contributed by atoms with van der Waals surface area (Å²) < 4.78 is 16.8. The van der Waals surface area contributed by atoms with Gasteiger partial charge in [-0.1, -0.05) is 0 Å². The third-order valence-corrected chi connectivity index (χ3v) is 0. The molecule has 0 rings (SSSR count). The molecule has 0 aliphatic heterocycles. The highest BCUT2D eigenvalue weighted by Crippen LogP contribution is 1.34. The smallest absolute Gasteiger partial charge is 0.402 e. The van der Waals surface area contributed by atoms with Crippen LogP contribution in [0, 0.1) is 0 Å². The predicted octanol–water partition coefficient (Wildman–Crippen LogP) is -1.58. The van der Waals surface area contributed by atoms with Crippen LogP contribution in [0.2, 0.25) is 0 Å². The molecule has 44 valence electrons. The Morgan fingerprint density at radius 2 is 1.57 bits per heavy atom. The highest BCUT2D eigenvalue weighted by Gasteiger charge is 1.65. The van der Waals surface area contributed by atoms with Crippen molar-refractivity contribution in [1.82, 2.24) is 0 Å². The molecule has 6 heteroatoms. The first kappa shape index (κ1) is 9.52. The van der Waals surface area contributed by atoms with Crippen LogP contribution in [-0.2, 0) is 11.6 Å². The highest BCUT2D eigenvalue weighted by atomic mass is 32.1. The van der Waals surface area contributed by atoms with E-state index < -0.39 is 17.7 Å². The molecule has 0 aliphatic carbocycles. The molecular formula is CH5NO4S. The van der Waals surface area contributed by atoms with Crippen LogP contribution in [-0.4, -0.2) is 19.6 Å². The lowest BCUT2D eigenvalue weighted by Gasteiger charge is -1.61. The van der Waals surface area contributed by atoms with Crippen LogP contribution in [0.4, 0.5) is 4.79 Å². The first-order chi connectivity index (χ1) is 3.15. The van der Waals surface area contributed by atoms with Crippen molar-refractivity contribution in [2.45, 2.75) is 0 Å². The number of nitrogens with two attached hydrogens (primary N) is 1. The SMILES string of the molecule is NC(=O)O.O=[SH2]=O. The topological polar surface area (TPSA) is 97.5 Å². The molecular weight excluding hydrogens is 122 g/mol. The van der Waals surface area contributed by atoms with Crippen LogP contribution in [0.15, 0.2) is 0 Å². The summed E-state index contributed by atoms with van der Waals surface area (Å²) >= 11 is -1.42. The monoisotopic (exact) mass is 127 g/mol. The van der Waals surface area contributed by atoms with E-state index in [4.69, 9.17) is 18.3 Å². The van der Waals surface area contributed by atoms with E-state index in [9.17, 15) is 0 Å². The van der Waals surface area contributed by atoms with Crippen LogP contribution >= 0.6 is 0 Å². The maximum Gasteiger partial charge on any atom is 0.402 e. The molecule has 0 radical (unpaired) electrons. The van der Waals surface area contributed by atoms with E-state index in [1.807, 2.05) is 0 Å². The Hall–Kier alpha value is -0.780. The number of amides is 1.